The first-order valence-electron chi connectivity index (χ1n) is 6.60. The van der Waals surface area contributed by atoms with Gasteiger partial charge in [0.05, 0.1) is 5.56 Å². The Balaban J connectivity index is 1.76. The molecule has 1 aromatic heterocycles. The molecule has 5 nitrogen and oxygen atoms in total. The highest BCUT2D eigenvalue weighted by Crippen LogP contribution is 2.19. The van der Waals surface area contributed by atoms with Gasteiger partial charge in [-0.1, -0.05) is 17.3 Å². The van der Waals surface area contributed by atoms with Crippen LogP contribution < -0.4 is 5.32 Å². The van der Waals surface area contributed by atoms with Gasteiger partial charge in [-0.2, -0.15) is 4.98 Å². The summed E-state index contributed by atoms with van der Waals surface area (Å²) in [6.45, 7) is 1.71. The van der Waals surface area contributed by atoms with E-state index in [0.717, 1.165) is 5.56 Å². The van der Waals surface area contributed by atoms with Crippen LogP contribution in [0.2, 0.25) is 0 Å². The van der Waals surface area contributed by atoms with E-state index in [1.807, 2.05) is 0 Å². The van der Waals surface area contributed by atoms with Crippen LogP contribution in [-0.2, 0) is 0 Å². The molecule has 1 N–H and O–H groups in total. The number of anilines is 1. The van der Waals surface area contributed by atoms with Gasteiger partial charge in [0.2, 0.25) is 11.7 Å². The lowest BCUT2D eigenvalue weighted by molar-refractivity contribution is 0.102. The second kappa shape index (κ2) is 5.77. The number of aromatic nitrogens is 2. The van der Waals surface area contributed by atoms with Crippen molar-refractivity contribution in [3.8, 4) is 11.4 Å². The molecule has 0 fully saturated rings. The number of hydrogen-bond acceptors (Lipinski definition) is 4. The molecule has 0 bridgehead atoms. The van der Waals surface area contributed by atoms with E-state index in [4.69, 9.17) is 4.52 Å². The molecule has 22 heavy (non-hydrogen) atoms. The van der Waals surface area contributed by atoms with Crippen molar-refractivity contribution in [2.75, 3.05) is 5.32 Å². The van der Waals surface area contributed by atoms with Gasteiger partial charge in [-0.05, 0) is 36.4 Å². The number of halogens is 1. The van der Waals surface area contributed by atoms with Crippen molar-refractivity contribution in [1.82, 2.24) is 10.1 Å². The van der Waals surface area contributed by atoms with E-state index < -0.39 is 11.7 Å². The monoisotopic (exact) mass is 297 g/mol. The molecule has 0 aliphatic rings. The van der Waals surface area contributed by atoms with Gasteiger partial charge in [-0.25, -0.2) is 4.39 Å². The third-order valence-electron chi connectivity index (χ3n) is 3.05. The Morgan fingerprint density at radius 2 is 1.86 bits per heavy atom. The van der Waals surface area contributed by atoms with Crippen molar-refractivity contribution in [3.63, 3.8) is 0 Å². The normalized spacial score (nSPS) is 10.5. The number of benzene rings is 2. The Morgan fingerprint density at radius 3 is 2.50 bits per heavy atom. The van der Waals surface area contributed by atoms with Crippen molar-refractivity contribution in [3.05, 3.63) is 65.8 Å². The average Bonchev–Trinajstić information content (AvgIpc) is 2.95. The summed E-state index contributed by atoms with van der Waals surface area (Å²) in [6.07, 6.45) is 0. The molecule has 0 radical (unpaired) electrons. The summed E-state index contributed by atoms with van der Waals surface area (Å²) in [7, 11) is 0. The van der Waals surface area contributed by atoms with E-state index in [-0.39, 0.29) is 5.56 Å². The highest BCUT2D eigenvalue weighted by Gasteiger charge is 2.11. The molecule has 0 aliphatic heterocycles. The molecular weight excluding hydrogens is 285 g/mol. The minimum atomic E-state index is -0.557. The van der Waals surface area contributed by atoms with Crippen LogP contribution in [0.5, 0.6) is 0 Å². The van der Waals surface area contributed by atoms with Gasteiger partial charge in [0.1, 0.15) is 5.82 Å². The first-order valence-corrected chi connectivity index (χ1v) is 6.60. The zero-order chi connectivity index (χ0) is 15.5. The molecule has 0 aliphatic carbocycles. The van der Waals surface area contributed by atoms with Crippen LogP contribution in [0, 0.1) is 12.7 Å². The number of aryl methyl sites for hydroxylation is 1. The van der Waals surface area contributed by atoms with Crippen molar-refractivity contribution < 1.29 is 13.7 Å². The Kier molecular flexibility index (Phi) is 3.65. The predicted octanol–water partition coefficient (Wildman–Crippen LogP) is 3.44. The lowest BCUT2D eigenvalue weighted by Crippen LogP contribution is -2.13. The summed E-state index contributed by atoms with van der Waals surface area (Å²) in [5, 5.41) is 6.45. The molecule has 110 valence electrons. The van der Waals surface area contributed by atoms with Gasteiger partial charge in [0.25, 0.3) is 5.91 Å². The second-order valence-electron chi connectivity index (χ2n) is 4.65. The fourth-order valence-electron chi connectivity index (χ4n) is 1.96. The van der Waals surface area contributed by atoms with Crippen molar-refractivity contribution >= 4 is 11.6 Å². The molecule has 1 amide bonds. The standard InChI is InChI=1S/C16H12FN3O2/c1-10-18-15(20-22-10)11-6-8-12(9-7-11)19-16(21)13-4-2-3-5-14(13)17/h2-9H,1H3,(H,19,21). The highest BCUT2D eigenvalue weighted by molar-refractivity contribution is 6.04. The van der Waals surface area contributed by atoms with E-state index in [0.29, 0.717) is 17.4 Å². The summed E-state index contributed by atoms with van der Waals surface area (Å²) >= 11 is 0. The van der Waals surface area contributed by atoms with E-state index in [1.165, 1.54) is 18.2 Å². The quantitative estimate of drug-likeness (QED) is 0.804. The Hall–Kier alpha value is -3.02. The first-order chi connectivity index (χ1) is 10.6. The maximum atomic E-state index is 13.5. The van der Waals surface area contributed by atoms with Crippen LogP contribution in [0.3, 0.4) is 0 Å². The third-order valence-corrected chi connectivity index (χ3v) is 3.05. The molecule has 0 saturated carbocycles. The lowest BCUT2D eigenvalue weighted by atomic mass is 10.1. The third kappa shape index (κ3) is 2.85. The number of amides is 1. The van der Waals surface area contributed by atoms with E-state index in [9.17, 15) is 9.18 Å². The number of carbonyl (C=O) groups excluding carboxylic acids is 1. The molecular formula is C16H12FN3O2. The number of hydrogen-bond donors (Lipinski definition) is 1. The molecule has 3 rings (SSSR count). The van der Waals surface area contributed by atoms with Crippen LogP contribution in [0.4, 0.5) is 10.1 Å². The van der Waals surface area contributed by atoms with Crippen LogP contribution in [0.15, 0.2) is 53.1 Å². The summed E-state index contributed by atoms with van der Waals surface area (Å²) in [5.74, 6) is -0.100. The van der Waals surface area contributed by atoms with Gasteiger partial charge in [0, 0.05) is 18.2 Å². The van der Waals surface area contributed by atoms with Crippen LogP contribution in [0.1, 0.15) is 16.2 Å². The van der Waals surface area contributed by atoms with Gasteiger partial charge in [-0.3, -0.25) is 4.79 Å². The predicted molar refractivity (Wildman–Crippen MR) is 78.8 cm³/mol. The largest absolute Gasteiger partial charge is 0.339 e. The smallest absolute Gasteiger partial charge is 0.258 e. The fourth-order valence-corrected chi connectivity index (χ4v) is 1.96. The maximum absolute atomic E-state index is 13.5. The average molecular weight is 297 g/mol. The summed E-state index contributed by atoms with van der Waals surface area (Å²) in [5.41, 5.74) is 1.32. The minimum absolute atomic E-state index is 0.000342. The van der Waals surface area contributed by atoms with Crippen molar-refractivity contribution in [1.29, 1.82) is 0 Å². The van der Waals surface area contributed by atoms with Crippen LogP contribution in [-0.4, -0.2) is 16.0 Å². The summed E-state index contributed by atoms with van der Waals surface area (Å²) in [4.78, 5) is 16.1. The fraction of sp³-hybridized carbons (Fsp3) is 0.0625. The molecule has 0 spiro atoms. The SMILES string of the molecule is Cc1nc(-c2ccc(NC(=O)c3ccccc3F)cc2)no1. The van der Waals surface area contributed by atoms with Gasteiger partial charge < -0.3 is 9.84 Å². The number of nitrogens with one attached hydrogen (secondary N) is 1. The van der Waals surface area contributed by atoms with Crippen LogP contribution >= 0.6 is 0 Å². The van der Waals surface area contributed by atoms with E-state index in [2.05, 4.69) is 15.5 Å². The molecule has 3 aromatic rings. The van der Waals surface area contributed by atoms with Gasteiger partial charge in [0.15, 0.2) is 0 Å². The Bertz CT molecular complexity index is 812. The van der Waals surface area contributed by atoms with Gasteiger partial charge in [-0.15, -0.1) is 0 Å². The number of nitrogens with zero attached hydrogens (tertiary/aromatic N) is 2. The maximum Gasteiger partial charge on any atom is 0.258 e. The molecule has 1 heterocycles. The van der Waals surface area contributed by atoms with E-state index >= 15 is 0 Å². The molecule has 0 unspecified atom stereocenters. The lowest BCUT2D eigenvalue weighted by Gasteiger charge is -2.06. The Labute approximate surface area is 125 Å². The van der Waals surface area contributed by atoms with Gasteiger partial charge >= 0.3 is 0 Å². The highest BCUT2D eigenvalue weighted by atomic mass is 19.1. The zero-order valence-electron chi connectivity index (χ0n) is 11.7. The molecule has 0 saturated heterocycles. The first kappa shape index (κ1) is 13.9. The summed E-state index contributed by atoms with van der Waals surface area (Å²) < 4.78 is 18.5. The number of rotatable bonds is 3. The Morgan fingerprint density at radius 1 is 1.14 bits per heavy atom. The molecule has 2 aromatic carbocycles. The van der Waals surface area contributed by atoms with Crippen molar-refractivity contribution in [2.24, 2.45) is 0 Å². The number of carbonyl (C=O) groups is 1. The minimum Gasteiger partial charge on any atom is -0.339 e. The molecule has 6 heteroatoms. The zero-order valence-corrected chi connectivity index (χ0v) is 11.7. The summed E-state index contributed by atoms with van der Waals surface area (Å²) in [6, 6.07) is 12.7. The van der Waals surface area contributed by atoms with E-state index in [1.54, 1.807) is 37.3 Å². The topological polar surface area (TPSA) is 68.0 Å². The van der Waals surface area contributed by atoms with Crippen molar-refractivity contribution in [2.45, 2.75) is 6.92 Å². The second-order valence-corrected chi connectivity index (χ2v) is 4.65. The van der Waals surface area contributed by atoms with Crippen LogP contribution in [0.25, 0.3) is 11.4 Å². The molecule has 0 atom stereocenters.